The predicted molar refractivity (Wildman–Crippen MR) is 85.3 cm³/mol. The fourth-order valence-electron chi connectivity index (χ4n) is 3.08. The summed E-state index contributed by atoms with van der Waals surface area (Å²) in [6.07, 6.45) is 5.42. The van der Waals surface area contributed by atoms with Crippen LogP contribution in [0.4, 0.5) is 0 Å². The molecule has 0 aromatic rings. The van der Waals surface area contributed by atoms with Crippen molar-refractivity contribution in [2.24, 2.45) is 17.8 Å². The lowest BCUT2D eigenvalue weighted by molar-refractivity contribution is 0.249. The molecule has 1 aliphatic rings. The molecule has 0 spiro atoms. The van der Waals surface area contributed by atoms with Gasteiger partial charge < -0.3 is 5.32 Å². The molecular weight excluding hydrogens is 238 g/mol. The van der Waals surface area contributed by atoms with E-state index >= 15 is 0 Å². The van der Waals surface area contributed by atoms with Gasteiger partial charge in [-0.3, -0.25) is 0 Å². The summed E-state index contributed by atoms with van der Waals surface area (Å²) in [6.45, 7) is 13.0. The number of nitrogens with one attached hydrogen (secondary N) is 1. The SMILES string of the molecule is CCCNC1CC(C)CC(C)C1SCCC(C)C. The molecule has 0 aliphatic heterocycles. The van der Waals surface area contributed by atoms with Crippen molar-refractivity contribution in [3.05, 3.63) is 0 Å². The third kappa shape index (κ3) is 5.52. The Balaban J connectivity index is 2.46. The number of hydrogen-bond donors (Lipinski definition) is 1. The summed E-state index contributed by atoms with van der Waals surface area (Å²) >= 11 is 2.23. The standard InChI is InChI=1S/C16H33NS/c1-6-8-17-15-11-13(4)10-14(5)16(15)18-9-7-12(2)3/h12-17H,6-11H2,1-5H3. The van der Waals surface area contributed by atoms with Gasteiger partial charge in [0.25, 0.3) is 0 Å². The molecule has 0 radical (unpaired) electrons. The molecule has 108 valence electrons. The van der Waals surface area contributed by atoms with E-state index in [-0.39, 0.29) is 0 Å². The van der Waals surface area contributed by atoms with Crippen molar-refractivity contribution in [1.82, 2.24) is 5.32 Å². The van der Waals surface area contributed by atoms with E-state index in [1.807, 2.05) is 0 Å². The lowest BCUT2D eigenvalue weighted by atomic mass is 9.80. The van der Waals surface area contributed by atoms with Crippen molar-refractivity contribution in [1.29, 1.82) is 0 Å². The maximum absolute atomic E-state index is 3.80. The van der Waals surface area contributed by atoms with E-state index in [1.54, 1.807) is 0 Å². The van der Waals surface area contributed by atoms with E-state index < -0.39 is 0 Å². The largest absolute Gasteiger partial charge is 0.313 e. The van der Waals surface area contributed by atoms with Crippen LogP contribution < -0.4 is 5.32 Å². The molecule has 0 bridgehead atoms. The summed E-state index contributed by atoms with van der Waals surface area (Å²) in [6, 6.07) is 0.751. The van der Waals surface area contributed by atoms with Crippen LogP contribution in [0.5, 0.6) is 0 Å². The quantitative estimate of drug-likeness (QED) is 0.728. The van der Waals surface area contributed by atoms with E-state index in [4.69, 9.17) is 0 Å². The van der Waals surface area contributed by atoms with Gasteiger partial charge in [-0.15, -0.1) is 0 Å². The fraction of sp³-hybridized carbons (Fsp3) is 1.00. The second kappa shape index (κ2) is 8.47. The molecule has 1 saturated carbocycles. The van der Waals surface area contributed by atoms with Crippen LogP contribution in [0.1, 0.15) is 60.3 Å². The second-order valence-corrected chi connectivity index (χ2v) is 7.92. The lowest BCUT2D eigenvalue weighted by Gasteiger charge is -2.40. The molecule has 1 N–H and O–H groups in total. The molecule has 0 saturated heterocycles. The van der Waals surface area contributed by atoms with Crippen molar-refractivity contribution in [3.63, 3.8) is 0 Å². The van der Waals surface area contributed by atoms with Crippen molar-refractivity contribution < 1.29 is 0 Å². The molecule has 4 unspecified atom stereocenters. The normalized spacial score (nSPS) is 33.0. The minimum Gasteiger partial charge on any atom is -0.313 e. The zero-order valence-electron chi connectivity index (χ0n) is 13.0. The van der Waals surface area contributed by atoms with Gasteiger partial charge in [-0.1, -0.05) is 34.6 Å². The second-order valence-electron chi connectivity index (χ2n) is 6.63. The number of thioether (sulfide) groups is 1. The van der Waals surface area contributed by atoms with Crippen LogP contribution in [0.15, 0.2) is 0 Å². The molecule has 1 fully saturated rings. The van der Waals surface area contributed by atoms with E-state index in [2.05, 4.69) is 51.7 Å². The van der Waals surface area contributed by atoms with Gasteiger partial charge >= 0.3 is 0 Å². The van der Waals surface area contributed by atoms with Crippen molar-refractivity contribution in [2.75, 3.05) is 12.3 Å². The summed E-state index contributed by atoms with van der Waals surface area (Å²) in [5.41, 5.74) is 0. The van der Waals surface area contributed by atoms with Gasteiger partial charge in [0.05, 0.1) is 0 Å². The minimum atomic E-state index is 0.751. The molecule has 18 heavy (non-hydrogen) atoms. The molecule has 0 aromatic carbocycles. The Kier molecular flexibility index (Phi) is 7.70. The average Bonchev–Trinajstić information content (AvgIpc) is 2.28. The van der Waals surface area contributed by atoms with Crippen molar-refractivity contribution in [2.45, 2.75) is 71.6 Å². The van der Waals surface area contributed by atoms with Crippen molar-refractivity contribution >= 4 is 11.8 Å². The zero-order valence-corrected chi connectivity index (χ0v) is 13.9. The van der Waals surface area contributed by atoms with Gasteiger partial charge in [0, 0.05) is 11.3 Å². The van der Waals surface area contributed by atoms with Crippen LogP contribution in [-0.4, -0.2) is 23.6 Å². The third-order valence-electron chi connectivity index (χ3n) is 4.05. The van der Waals surface area contributed by atoms with Gasteiger partial charge in [-0.25, -0.2) is 0 Å². The van der Waals surface area contributed by atoms with Crippen LogP contribution in [0, 0.1) is 17.8 Å². The smallest absolute Gasteiger partial charge is 0.0226 e. The van der Waals surface area contributed by atoms with E-state index in [9.17, 15) is 0 Å². The summed E-state index contributed by atoms with van der Waals surface area (Å²) in [5.74, 6) is 3.96. The summed E-state index contributed by atoms with van der Waals surface area (Å²) < 4.78 is 0. The molecule has 0 heterocycles. The zero-order chi connectivity index (χ0) is 13.5. The van der Waals surface area contributed by atoms with Gasteiger partial charge in [0.2, 0.25) is 0 Å². The Labute approximate surface area is 119 Å². The highest BCUT2D eigenvalue weighted by Gasteiger charge is 2.33. The lowest BCUT2D eigenvalue weighted by Crippen LogP contribution is -2.46. The molecule has 0 aromatic heterocycles. The summed E-state index contributed by atoms with van der Waals surface area (Å²) in [5, 5.41) is 4.64. The topological polar surface area (TPSA) is 12.0 Å². The molecule has 1 nitrogen and oxygen atoms in total. The molecule has 2 heteroatoms. The van der Waals surface area contributed by atoms with Crippen LogP contribution >= 0.6 is 11.8 Å². The first kappa shape index (κ1) is 16.4. The minimum absolute atomic E-state index is 0.751. The maximum atomic E-state index is 3.80. The Morgan fingerprint density at radius 3 is 2.56 bits per heavy atom. The molecule has 1 rings (SSSR count). The summed E-state index contributed by atoms with van der Waals surface area (Å²) in [7, 11) is 0. The van der Waals surface area contributed by atoms with E-state index in [0.29, 0.717) is 0 Å². The molecule has 0 amide bonds. The first-order valence-corrected chi connectivity index (χ1v) is 8.94. The predicted octanol–water partition coefficient (Wildman–Crippen LogP) is 4.57. The molecular formula is C16H33NS. The van der Waals surface area contributed by atoms with Gasteiger partial charge in [-0.05, 0) is 55.7 Å². The summed E-state index contributed by atoms with van der Waals surface area (Å²) in [4.78, 5) is 0. The van der Waals surface area contributed by atoms with Crippen LogP contribution in [0.3, 0.4) is 0 Å². The maximum Gasteiger partial charge on any atom is 0.0226 e. The number of rotatable bonds is 7. The van der Waals surface area contributed by atoms with Crippen LogP contribution in [0.25, 0.3) is 0 Å². The van der Waals surface area contributed by atoms with Gasteiger partial charge in [0.15, 0.2) is 0 Å². The van der Waals surface area contributed by atoms with Gasteiger partial charge in [0.1, 0.15) is 0 Å². The fourth-order valence-corrected chi connectivity index (χ4v) is 4.84. The first-order valence-electron chi connectivity index (χ1n) is 7.89. The Morgan fingerprint density at radius 1 is 1.22 bits per heavy atom. The third-order valence-corrected chi connectivity index (χ3v) is 5.70. The van der Waals surface area contributed by atoms with Crippen molar-refractivity contribution in [3.8, 4) is 0 Å². The highest BCUT2D eigenvalue weighted by molar-refractivity contribution is 7.99. The Hall–Kier alpha value is 0.310. The van der Waals surface area contributed by atoms with E-state index in [1.165, 1.54) is 38.0 Å². The van der Waals surface area contributed by atoms with Crippen LogP contribution in [-0.2, 0) is 0 Å². The number of hydrogen-bond acceptors (Lipinski definition) is 2. The Morgan fingerprint density at radius 2 is 1.94 bits per heavy atom. The van der Waals surface area contributed by atoms with Crippen LogP contribution in [0.2, 0.25) is 0 Å². The highest BCUT2D eigenvalue weighted by Crippen LogP contribution is 2.37. The molecule has 4 atom stereocenters. The first-order chi connectivity index (χ1) is 8.54. The van der Waals surface area contributed by atoms with Gasteiger partial charge in [-0.2, -0.15) is 11.8 Å². The highest BCUT2D eigenvalue weighted by atomic mass is 32.2. The van der Waals surface area contributed by atoms with E-state index in [0.717, 1.165) is 29.0 Å². The molecule has 1 aliphatic carbocycles. The monoisotopic (exact) mass is 271 g/mol. The average molecular weight is 272 g/mol. The Bertz CT molecular complexity index is 217.